The number of anilines is 1. The van der Waals surface area contributed by atoms with Crippen LogP contribution in [0.4, 0.5) is 5.82 Å². The van der Waals surface area contributed by atoms with E-state index >= 15 is 0 Å². The number of amides is 2. The molecule has 0 saturated carbocycles. The van der Waals surface area contributed by atoms with Gasteiger partial charge in [0.25, 0.3) is 12.9 Å². The van der Waals surface area contributed by atoms with E-state index < -0.39 is 61.2 Å². The quantitative estimate of drug-likeness (QED) is 0.0328. The van der Waals surface area contributed by atoms with Crippen LogP contribution in [-0.2, 0) is 62.0 Å². The largest absolute Gasteiger partial charge is 0.462 e. The summed E-state index contributed by atoms with van der Waals surface area (Å²) in [6, 6.07) is 15.3. The predicted molar refractivity (Wildman–Crippen MR) is 252 cm³/mol. The third-order valence-electron chi connectivity index (χ3n) is 10.3. The highest BCUT2D eigenvalue weighted by molar-refractivity contribution is 6.31. The van der Waals surface area contributed by atoms with Crippen LogP contribution in [0.2, 0.25) is 0 Å². The Morgan fingerprint density at radius 3 is 1.70 bits per heavy atom. The van der Waals surface area contributed by atoms with E-state index in [0.717, 1.165) is 0 Å². The van der Waals surface area contributed by atoms with Crippen LogP contribution in [0.5, 0.6) is 0 Å². The van der Waals surface area contributed by atoms with Crippen molar-refractivity contribution in [2.24, 2.45) is 4.99 Å². The van der Waals surface area contributed by atoms with Gasteiger partial charge in [-0.2, -0.15) is 0 Å². The first-order valence-corrected chi connectivity index (χ1v) is 21.7. The number of rotatable bonds is 26. The van der Waals surface area contributed by atoms with Crippen molar-refractivity contribution in [2.75, 3.05) is 58.3 Å². The van der Waals surface area contributed by atoms with Gasteiger partial charge in [0.1, 0.15) is 49.5 Å². The van der Waals surface area contributed by atoms with Gasteiger partial charge in [0.2, 0.25) is 11.8 Å². The highest BCUT2D eigenvalue weighted by Crippen LogP contribution is 2.40. The zero-order valence-electron chi connectivity index (χ0n) is 39.3. The molecule has 3 aromatic rings. The average Bonchev–Trinajstić information content (AvgIpc) is 3.87. The van der Waals surface area contributed by atoms with E-state index in [1.165, 1.54) is 31.7 Å². The first kappa shape index (κ1) is 53.6. The van der Waals surface area contributed by atoms with Crippen molar-refractivity contribution in [1.29, 1.82) is 0 Å². The molecule has 2 heterocycles. The number of hydrogen-bond acceptors (Lipinski definition) is 17. The van der Waals surface area contributed by atoms with Crippen molar-refractivity contribution < 1.29 is 66.8 Å². The fourth-order valence-electron chi connectivity index (χ4n) is 6.69. The molecule has 4 rings (SSSR count). The fraction of sp³-hybridized carbons (Fsp3) is 0.327. The van der Waals surface area contributed by atoms with Crippen LogP contribution in [0.1, 0.15) is 63.2 Å². The summed E-state index contributed by atoms with van der Waals surface area (Å²) in [5.41, 5.74) is 1.96. The van der Waals surface area contributed by atoms with Crippen LogP contribution in [0.15, 0.2) is 101 Å². The number of aliphatic imine (C=N–C) groups is 1. The third-order valence-corrected chi connectivity index (χ3v) is 10.3. The van der Waals surface area contributed by atoms with E-state index in [9.17, 15) is 38.4 Å². The van der Waals surface area contributed by atoms with Gasteiger partial charge in [-0.05, 0) is 58.7 Å². The molecule has 2 aromatic carbocycles. The Labute approximate surface area is 399 Å². The molecule has 0 radical (unpaired) electrons. The van der Waals surface area contributed by atoms with Crippen molar-refractivity contribution in [1.82, 2.24) is 20.1 Å². The molecule has 0 fully saturated rings. The van der Waals surface area contributed by atoms with E-state index in [1.54, 1.807) is 86.3 Å². The van der Waals surface area contributed by atoms with Crippen LogP contribution in [0.25, 0.3) is 22.8 Å². The zero-order valence-corrected chi connectivity index (χ0v) is 39.3. The first-order chi connectivity index (χ1) is 33.1. The molecule has 20 nitrogen and oxygen atoms in total. The van der Waals surface area contributed by atoms with E-state index in [1.807, 2.05) is 0 Å². The number of carbonyl (C=O) groups excluding carboxylic acids is 8. The number of allylic oxidation sites excluding steroid dienone is 1. The number of carbonyl (C=O) groups is 8. The number of benzene rings is 2. The molecule has 0 bridgehead atoms. The van der Waals surface area contributed by atoms with Crippen LogP contribution < -0.4 is 10.6 Å². The third kappa shape index (κ3) is 14.5. The number of nitrogens with one attached hydrogen (secondary N) is 3. The number of aromatic amines is 1. The van der Waals surface area contributed by atoms with Crippen molar-refractivity contribution in [3.63, 3.8) is 0 Å². The SMILES string of the molecule is C=C(C)C(=O)OCCN(CCOC(=O)C(=C)C)C(C)C(=O)NC1=N/C(=C\c2[nH]c(NC(=O)C(C)N(COC=O)COC=O)c(C(=O)OCC)c2-c2ccccc2)C(c2ccccc2)=C1C(=O)OCC. The lowest BCUT2D eigenvalue weighted by molar-refractivity contribution is -0.147. The molecule has 0 saturated heterocycles. The molecular weight excluding hydrogens is 897 g/mol. The molecule has 69 heavy (non-hydrogen) atoms. The van der Waals surface area contributed by atoms with Crippen LogP contribution in [0, 0.1) is 0 Å². The van der Waals surface area contributed by atoms with Gasteiger partial charge >= 0.3 is 23.9 Å². The molecule has 0 aliphatic carbocycles. The maximum absolute atomic E-state index is 14.3. The Kier molecular flexibility index (Phi) is 20.5. The minimum Gasteiger partial charge on any atom is -0.462 e. The van der Waals surface area contributed by atoms with Crippen molar-refractivity contribution in [3.8, 4) is 11.1 Å². The first-order valence-electron chi connectivity index (χ1n) is 21.7. The van der Waals surface area contributed by atoms with Crippen molar-refractivity contribution in [2.45, 2.75) is 53.6 Å². The summed E-state index contributed by atoms with van der Waals surface area (Å²) >= 11 is 0. The summed E-state index contributed by atoms with van der Waals surface area (Å²) in [5.74, 6) is -4.57. The van der Waals surface area contributed by atoms with E-state index in [2.05, 4.69) is 28.8 Å². The zero-order chi connectivity index (χ0) is 50.6. The lowest BCUT2D eigenvalue weighted by Crippen LogP contribution is -2.49. The van der Waals surface area contributed by atoms with Crippen molar-refractivity contribution >= 4 is 71.9 Å². The van der Waals surface area contributed by atoms with Gasteiger partial charge < -0.3 is 44.0 Å². The van der Waals surface area contributed by atoms with Gasteiger partial charge in [0.15, 0.2) is 0 Å². The van der Waals surface area contributed by atoms with E-state index in [0.29, 0.717) is 11.1 Å². The second kappa shape index (κ2) is 26.4. The molecule has 1 aliphatic rings. The van der Waals surface area contributed by atoms with Gasteiger partial charge in [0, 0.05) is 35.4 Å². The average molecular weight is 953 g/mol. The summed E-state index contributed by atoms with van der Waals surface area (Å²) in [6.07, 6.45) is 1.54. The second-order valence-electron chi connectivity index (χ2n) is 15.1. The van der Waals surface area contributed by atoms with Crippen LogP contribution in [0.3, 0.4) is 0 Å². The number of H-pyrrole nitrogens is 1. The molecule has 2 unspecified atom stereocenters. The molecule has 366 valence electrons. The number of nitrogens with zero attached hydrogens (tertiary/aromatic N) is 3. The maximum Gasteiger partial charge on any atom is 0.342 e. The molecular formula is C49H56N6O14. The molecule has 2 atom stereocenters. The Bertz CT molecular complexity index is 2450. The van der Waals surface area contributed by atoms with Gasteiger partial charge in [-0.3, -0.25) is 24.1 Å². The predicted octanol–water partition coefficient (Wildman–Crippen LogP) is 4.56. The van der Waals surface area contributed by atoms with Crippen LogP contribution in [-0.4, -0.2) is 134 Å². The number of ether oxygens (including phenoxy) is 6. The molecule has 2 amide bonds. The maximum atomic E-state index is 14.3. The van der Waals surface area contributed by atoms with Gasteiger partial charge in [-0.1, -0.05) is 73.8 Å². The Morgan fingerprint density at radius 2 is 1.19 bits per heavy atom. The summed E-state index contributed by atoms with van der Waals surface area (Å²) in [4.78, 5) is 114. The van der Waals surface area contributed by atoms with Gasteiger partial charge in [-0.15, -0.1) is 0 Å². The molecule has 1 aromatic heterocycles. The Hall–Kier alpha value is -7.97. The summed E-state index contributed by atoms with van der Waals surface area (Å²) in [7, 11) is 0. The van der Waals surface area contributed by atoms with Gasteiger partial charge in [-0.25, -0.2) is 29.1 Å². The number of aromatic nitrogens is 1. The fourth-order valence-corrected chi connectivity index (χ4v) is 6.69. The number of hydrogen-bond donors (Lipinski definition) is 3. The van der Waals surface area contributed by atoms with E-state index in [-0.39, 0.29) is 109 Å². The van der Waals surface area contributed by atoms with Crippen molar-refractivity contribution in [3.05, 3.63) is 113 Å². The Balaban J connectivity index is 1.92. The monoisotopic (exact) mass is 952 g/mol. The minimum atomic E-state index is -1.10. The summed E-state index contributed by atoms with van der Waals surface area (Å²) in [6.45, 7) is 15.6. The molecule has 0 spiro atoms. The highest BCUT2D eigenvalue weighted by atomic mass is 16.6. The lowest BCUT2D eigenvalue weighted by atomic mass is 9.96. The Morgan fingerprint density at radius 1 is 0.696 bits per heavy atom. The second-order valence-corrected chi connectivity index (χ2v) is 15.1. The lowest BCUT2D eigenvalue weighted by Gasteiger charge is -2.28. The normalized spacial score (nSPS) is 13.4. The summed E-state index contributed by atoms with van der Waals surface area (Å²) < 4.78 is 31.3. The van der Waals surface area contributed by atoms with Crippen LogP contribution >= 0.6 is 0 Å². The topological polar surface area (TPSA) is 251 Å². The molecule has 3 N–H and O–H groups in total. The number of esters is 4. The number of amidine groups is 1. The summed E-state index contributed by atoms with van der Waals surface area (Å²) in [5, 5.41) is 5.52. The minimum absolute atomic E-state index is 0.0261. The molecule has 1 aliphatic heterocycles. The standard InChI is InChI=1S/C49H56N6O14/c1-9-66-48(62)40-38(34-17-13-11-14-18-34)36(50-42(40)52-44(58)32(7)54(21-23-68-46(60)30(3)4)22-24-69-47(61)31(5)6)25-37-39(35-19-15-12-16-20-35)41(49(63)67-10-2)43(51-37)53-45(59)33(8)55(26-64-28-56)27-65-29-57/h11-20,25,28-29,32-33,51H,3,5,9-10,21-24,26-27H2,1-2,4,6-8H3,(H,53,59)(H,50,52,58)/b36-25-. The molecule has 20 heteroatoms. The van der Waals surface area contributed by atoms with E-state index in [4.69, 9.17) is 33.4 Å². The smallest absolute Gasteiger partial charge is 0.342 e. The van der Waals surface area contributed by atoms with Gasteiger partial charge in [0.05, 0.1) is 36.7 Å². The highest BCUT2D eigenvalue weighted by Gasteiger charge is 2.36.